The second-order valence-electron chi connectivity index (χ2n) is 7.61. The molecule has 0 aliphatic carbocycles. The Bertz CT molecular complexity index is 847. The molecule has 0 atom stereocenters. The van der Waals surface area contributed by atoms with Gasteiger partial charge in [0.15, 0.2) is 0 Å². The van der Waals surface area contributed by atoms with Crippen molar-refractivity contribution in [3.63, 3.8) is 0 Å². The second kappa shape index (κ2) is 7.17. The van der Waals surface area contributed by atoms with Gasteiger partial charge in [-0.25, -0.2) is 0 Å². The van der Waals surface area contributed by atoms with Crippen molar-refractivity contribution in [2.45, 2.75) is 41.5 Å². The predicted octanol–water partition coefficient (Wildman–Crippen LogP) is 4.90. The monoisotopic (exact) mass is 422 g/mol. The van der Waals surface area contributed by atoms with Crippen LogP contribution < -0.4 is 15.6 Å². The number of benzene rings is 3. The lowest BCUT2D eigenvalue weighted by molar-refractivity contribution is 1.40. The third-order valence-electron chi connectivity index (χ3n) is 5.29. The van der Waals surface area contributed by atoms with E-state index in [0.717, 1.165) is 0 Å². The molecule has 0 nitrogen and oxygen atoms in total. The summed E-state index contributed by atoms with van der Waals surface area (Å²) in [6.45, 7) is 11.0. The van der Waals surface area contributed by atoms with Crippen molar-refractivity contribution in [2.24, 2.45) is 0 Å². The average molecular weight is 423 g/mol. The van der Waals surface area contributed by atoms with E-state index >= 15 is 0 Å². The topological polar surface area (TPSA) is 0 Å². The van der Waals surface area contributed by atoms with E-state index in [2.05, 4.69) is 111 Å². The van der Waals surface area contributed by atoms with Crippen LogP contribution in [0.3, 0.4) is 0 Å². The van der Waals surface area contributed by atoms with Gasteiger partial charge < -0.3 is 0 Å². The molecule has 0 saturated carbocycles. The summed E-state index contributed by atoms with van der Waals surface area (Å²) in [7, 11) is 0. The van der Waals surface area contributed by atoms with Crippen LogP contribution in [0.4, 0.5) is 0 Å². The largest absolute Gasteiger partial charge is 0.222 e. The van der Waals surface area contributed by atoms with E-state index in [1.54, 1.807) is 0 Å². The molecule has 0 aromatic heterocycles. The standard InChI is InChI=1S/C24H27BrSi/c1-16-7-10-19(4)22(13-16)26(25,23-14-17(2)8-11-20(23)5)24-15-18(3)9-12-21(24)6/h7-15H,1-6H3. The highest BCUT2D eigenvalue weighted by Gasteiger charge is 2.40. The SMILES string of the molecule is Cc1ccc(C)c([Si](Br)(c2cc(C)ccc2C)c2cc(C)ccc2C)c1. The van der Waals surface area contributed by atoms with Gasteiger partial charge in [0.25, 0.3) is 0 Å². The van der Waals surface area contributed by atoms with Gasteiger partial charge in [-0.3, -0.25) is 0 Å². The van der Waals surface area contributed by atoms with Crippen molar-refractivity contribution in [3.05, 3.63) is 88.0 Å². The first-order chi connectivity index (χ1) is 12.2. The van der Waals surface area contributed by atoms with Crippen molar-refractivity contribution in [3.8, 4) is 0 Å². The summed E-state index contributed by atoms with van der Waals surface area (Å²) in [4.78, 5) is 0. The molecule has 3 rings (SSSR count). The molecule has 0 radical (unpaired) electrons. The Morgan fingerprint density at radius 2 is 0.769 bits per heavy atom. The van der Waals surface area contributed by atoms with Gasteiger partial charge in [-0.15, -0.1) is 15.3 Å². The Balaban J connectivity index is 2.45. The molecule has 0 fully saturated rings. The van der Waals surface area contributed by atoms with E-state index in [9.17, 15) is 0 Å². The third-order valence-corrected chi connectivity index (χ3v) is 13.0. The number of hydrogen-bond donors (Lipinski definition) is 0. The maximum atomic E-state index is 4.40. The summed E-state index contributed by atoms with van der Waals surface area (Å²) < 4.78 is 0. The smallest absolute Gasteiger partial charge is 0.108 e. The molecule has 0 unspecified atom stereocenters. The van der Waals surface area contributed by atoms with Gasteiger partial charge in [-0.2, -0.15) is 0 Å². The van der Waals surface area contributed by atoms with E-state index < -0.39 is 6.69 Å². The maximum absolute atomic E-state index is 4.40. The first kappa shape index (κ1) is 19.1. The Labute approximate surface area is 166 Å². The fourth-order valence-corrected chi connectivity index (χ4v) is 11.6. The highest BCUT2D eigenvalue weighted by molar-refractivity contribution is 9.27. The van der Waals surface area contributed by atoms with Crippen molar-refractivity contribution in [1.82, 2.24) is 0 Å². The predicted molar refractivity (Wildman–Crippen MR) is 121 cm³/mol. The summed E-state index contributed by atoms with van der Waals surface area (Å²) >= 11 is 4.40. The van der Waals surface area contributed by atoms with Gasteiger partial charge in [-0.1, -0.05) is 88.0 Å². The van der Waals surface area contributed by atoms with Crippen molar-refractivity contribution in [1.29, 1.82) is 0 Å². The van der Waals surface area contributed by atoms with E-state index in [4.69, 9.17) is 0 Å². The summed E-state index contributed by atoms with van der Waals surface area (Å²) in [5.74, 6) is 0. The normalized spacial score (nSPS) is 11.7. The summed E-state index contributed by atoms with van der Waals surface area (Å²) in [6.07, 6.45) is 0. The van der Waals surface area contributed by atoms with E-state index in [1.807, 2.05) is 0 Å². The maximum Gasteiger partial charge on any atom is 0.222 e. The van der Waals surface area contributed by atoms with Crippen LogP contribution in [0, 0.1) is 41.5 Å². The van der Waals surface area contributed by atoms with Crippen molar-refractivity contribution >= 4 is 37.5 Å². The Morgan fingerprint density at radius 1 is 0.500 bits per heavy atom. The van der Waals surface area contributed by atoms with Gasteiger partial charge >= 0.3 is 0 Å². The molecule has 0 aliphatic rings. The first-order valence-corrected chi connectivity index (χ1v) is 13.4. The molecule has 0 N–H and O–H groups in total. The lowest BCUT2D eigenvalue weighted by Gasteiger charge is -2.32. The van der Waals surface area contributed by atoms with Crippen molar-refractivity contribution < 1.29 is 0 Å². The molecule has 0 saturated heterocycles. The van der Waals surface area contributed by atoms with E-state index in [-0.39, 0.29) is 0 Å². The van der Waals surface area contributed by atoms with Crippen LogP contribution in [0.15, 0.2) is 54.6 Å². The Hall–Kier alpha value is -1.64. The van der Waals surface area contributed by atoms with E-state index in [1.165, 1.54) is 48.9 Å². The molecule has 0 aliphatic heterocycles. The molecule has 0 spiro atoms. The fraction of sp³-hybridized carbons (Fsp3) is 0.250. The lowest BCUT2D eigenvalue weighted by Crippen LogP contribution is -2.64. The second-order valence-corrected chi connectivity index (χ2v) is 14.1. The molecule has 0 amide bonds. The molecule has 0 heterocycles. The average Bonchev–Trinajstić information content (AvgIpc) is 2.60. The van der Waals surface area contributed by atoms with E-state index in [0.29, 0.717) is 0 Å². The third kappa shape index (κ3) is 3.33. The minimum atomic E-state index is -2.29. The minimum absolute atomic E-state index is 1.32. The molecule has 0 bridgehead atoms. The Morgan fingerprint density at radius 3 is 1.04 bits per heavy atom. The molecule has 2 heteroatoms. The first-order valence-electron chi connectivity index (χ1n) is 9.15. The highest BCUT2D eigenvalue weighted by atomic mass is 79.9. The van der Waals surface area contributed by atoms with Gasteiger partial charge in [-0.05, 0) is 57.1 Å². The number of aryl methyl sites for hydroxylation is 6. The quantitative estimate of drug-likeness (QED) is 0.319. The van der Waals surface area contributed by atoms with Crippen LogP contribution >= 0.6 is 15.3 Å². The van der Waals surface area contributed by atoms with Crippen LogP contribution in [-0.4, -0.2) is 6.69 Å². The minimum Gasteiger partial charge on any atom is -0.108 e. The fourth-order valence-electron chi connectivity index (χ4n) is 3.76. The number of halogens is 1. The van der Waals surface area contributed by atoms with Crippen LogP contribution in [0.2, 0.25) is 0 Å². The van der Waals surface area contributed by atoms with Crippen LogP contribution in [0.5, 0.6) is 0 Å². The number of hydrogen-bond acceptors (Lipinski definition) is 0. The highest BCUT2D eigenvalue weighted by Crippen LogP contribution is 2.21. The molecular weight excluding hydrogens is 396 g/mol. The summed E-state index contributed by atoms with van der Waals surface area (Å²) in [6, 6.07) is 20.6. The number of rotatable bonds is 3. The molecule has 26 heavy (non-hydrogen) atoms. The summed E-state index contributed by atoms with van der Waals surface area (Å²) in [5, 5.41) is 4.37. The van der Waals surface area contributed by atoms with Crippen LogP contribution in [-0.2, 0) is 0 Å². The zero-order valence-corrected chi connectivity index (χ0v) is 19.2. The van der Waals surface area contributed by atoms with Gasteiger partial charge in [0.2, 0.25) is 6.69 Å². The zero-order chi connectivity index (χ0) is 19.1. The molecule has 3 aromatic rings. The van der Waals surface area contributed by atoms with Crippen LogP contribution in [0.25, 0.3) is 0 Å². The molecular formula is C24H27BrSi. The molecule has 134 valence electrons. The van der Waals surface area contributed by atoms with Crippen molar-refractivity contribution in [2.75, 3.05) is 0 Å². The Kier molecular flexibility index (Phi) is 5.27. The lowest BCUT2D eigenvalue weighted by atomic mass is 10.1. The summed E-state index contributed by atoms with van der Waals surface area (Å²) in [5.41, 5.74) is 8.04. The molecule has 3 aromatic carbocycles. The van der Waals surface area contributed by atoms with Gasteiger partial charge in [0, 0.05) is 0 Å². The van der Waals surface area contributed by atoms with Crippen LogP contribution in [0.1, 0.15) is 33.4 Å². The van der Waals surface area contributed by atoms with Gasteiger partial charge in [0.05, 0.1) is 0 Å². The zero-order valence-electron chi connectivity index (χ0n) is 16.6. The van der Waals surface area contributed by atoms with Gasteiger partial charge in [0.1, 0.15) is 0 Å².